The lowest BCUT2D eigenvalue weighted by molar-refractivity contribution is 0.0963. The van der Waals surface area contributed by atoms with Crippen LogP contribution in [0.5, 0.6) is 0 Å². The summed E-state index contributed by atoms with van der Waals surface area (Å²) in [6.07, 6.45) is 3.29. The van der Waals surface area contributed by atoms with Gasteiger partial charge in [0.1, 0.15) is 0 Å². The van der Waals surface area contributed by atoms with Gasteiger partial charge in [0, 0.05) is 45.3 Å². The summed E-state index contributed by atoms with van der Waals surface area (Å²) in [6, 6.07) is 7.77. The van der Waals surface area contributed by atoms with Crippen molar-refractivity contribution in [3.05, 3.63) is 35.4 Å². The fourth-order valence-electron chi connectivity index (χ4n) is 4.14. The number of hydrogen-bond donors (Lipinski definition) is 3. The molecule has 0 aromatic heterocycles. The maximum absolute atomic E-state index is 11.8. The molecular formula is C23H39N5O. The van der Waals surface area contributed by atoms with Crippen molar-refractivity contribution < 1.29 is 4.79 Å². The Morgan fingerprint density at radius 3 is 2.66 bits per heavy atom. The average molecular weight is 402 g/mol. The molecule has 1 aromatic carbocycles. The van der Waals surface area contributed by atoms with Crippen molar-refractivity contribution in [2.45, 2.75) is 40.0 Å². The molecule has 29 heavy (non-hydrogen) atoms. The molecule has 1 fully saturated rings. The number of rotatable bonds is 9. The van der Waals surface area contributed by atoms with Gasteiger partial charge in [0.25, 0.3) is 5.91 Å². The number of guanidine groups is 1. The van der Waals surface area contributed by atoms with Crippen molar-refractivity contribution in [2.75, 3.05) is 46.3 Å². The minimum Gasteiger partial charge on any atom is -0.357 e. The van der Waals surface area contributed by atoms with Gasteiger partial charge >= 0.3 is 0 Å². The van der Waals surface area contributed by atoms with Crippen molar-refractivity contribution in [3.63, 3.8) is 0 Å². The normalized spacial score (nSPS) is 20.3. The number of carbonyl (C=O) groups is 1. The second-order valence-electron chi connectivity index (χ2n) is 8.28. The first-order valence-corrected chi connectivity index (χ1v) is 11.1. The molecule has 0 radical (unpaired) electrons. The van der Waals surface area contributed by atoms with Crippen LogP contribution in [0.15, 0.2) is 29.3 Å². The molecule has 0 saturated carbocycles. The van der Waals surface area contributed by atoms with Crippen LogP contribution in [0, 0.1) is 11.8 Å². The molecule has 0 bridgehead atoms. The van der Waals surface area contributed by atoms with E-state index in [9.17, 15) is 4.79 Å². The molecule has 3 N–H and O–H groups in total. The highest BCUT2D eigenvalue weighted by atomic mass is 16.1. The second kappa shape index (κ2) is 12.5. The van der Waals surface area contributed by atoms with Crippen LogP contribution in [0.4, 0.5) is 0 Å². The van der Waals surface area contributed by atoms with Crippen molar-refractivity contribution in [3.8, 4) is 0 Å². The highest BCUT2D eigenvalue weighted by Crippen LogP contribution is 2.20. The largest absolute Gasteiger partial charge is 0.357 e. The van der Waals surface area contributed by atoms with E-state index in [-0.39, 0.29) is 5.91 Å². The smallest absolute Gasteiger partial charge is 0.251 e. The lowest BCUT2D eigenvalue weighted by Gasteiger charge is -2.34. The Labute approximate surface area is 176 Å². The summed E-state index contributed by atoms with van der Waals surface area (Å²) >= 11 is 0. The first kappa shape index (κ1) is 23.2. The number of amides is 1. The summed E-state index contributed by atoms with van der Waals surface area (Å²) < 4.78 is 0. The number of likely N-dealkylation sites (tertiary alicyclic amines) is 1. The lowest BCUT2D eigenvalue weighted by atomic mass is 9.92. The van der Waals surface area contributed by atoms with Gasteiger partial charge < -0.3 is 20.9 Å². The molecule has 162 valence electrons. The van der Waals surface area contributed by atoms with Gasteiger partial charge in [-0.05, 0) is 62.3 Å². The Kier molecular flexibility index (Phi) is 9.98. The maximum Gasteiger partial charge on any atom is 0.251 e. The highest BCUT2D eigenvalue weighted by molar-refractivity contribution is 5.94. The number of piperidine rings is 1. The zero-order chi connectivity index (χ0) is 21.1. The quantitative estimate of drug-likeness (QED) is 0.338. The van der Waals surface area contributed by atoms with Gasteiger partial charge in [-0.1, -0.05) is 26.0 Å². The third-order valence-electron chi connectivity index (χ3n) is 5.31. The zero-order valence-electron chi connectivity index (χ0n) is 18.6. The van der Waals surface area contributed by atoms with E-state index in [1.54, 1.807) is 7.05 Å². The third-order valence-corrected chi connectivity index (χ3v) is 5.31. The minimum atomic E-state index is -0.0489. The van der Waals surface area contributed by atoms with Crippen LogP contribution < -0.4 is 16.0 Å². The zero-order valence-corrected chi connectivity index (χ0v) is 18.6. The van der Waals surface area contributed by atoms with Crippen molar-refractivity contribution >= 4 is 11.9 Å². The summed E-state index contributed by atoms with van der Waals surface area (Å²) in [6.45, 7) is 12.8. The van der Waals surface area contributed by atoms with E-state index in [0.717, 1.165) is 62.4 Å². The summed E-state index contributed by atoms with van der Waals surface area (Å²) in [5.74, 6) is 2.44. The average Bonchev–Trinajstić information content (AvgIpc) is 2.70. The fraction of sp³-hybridized carbons (Fsp3) is 0.652. The number of carbonyl (C=O) groups excluding carboxylic acids is 1. The molecule has 2 atom stereocenters. The van der Waals surface area contributed by atoms with Gasteiger partial charge in [-0.25, -0.2) is 0 Å². The topological polar surface area (TPSA) is 68.8 Å². The molecule has 1 aliphatic heterocycles. The Hall–Kier alpha value is -2.08. The van der Waals surface area contributed by atoms with E-state index in [2.05, 4.69) is 47.7 Å². The van der Waals surface area contributed by atoms with E-state index in [4.69, 9.17) is 4.99 Å². The molecule has 6 nitrogen and oxygen atoms in total. The minimum absolute atomic E-state index is 0.0489. The first-order valence-electron chi connectivity index (χ1n) is 11.1. The Morgan fingerprint density at radius 1 is 1.21 bits per heavy atom. The van der Waals surface area contributed by atoms with Gasteiger partial charge in [0.15, 0.2) is 5.96 Å². The van der Waals surface area contributed by atoms with E-state index in [0.29, 0.717) is 5.56 Å². The van der Waals surface area contributed by atoms with E-state index >= 15 is 0 Å². The molecule has 1 heterocycles. The van der Waals surface area contributed by atoms with Crippen LogP contribution >= 0.6 is 0 Å². The van der Waals surface area contributed by atoms with Crippen LogP contribution in [0.1, 0.15) is 49.5 Å². The van der Waals surface area contributed by atoms with Gasteiger partial charge in [0.05, 0.1) is 0 Å². The third kappa shape index (κ3) is 8.44. The van der Waals surface area contributed by atoms with E-state index in [1.165, 1.54) is 19.5 Å². The van der Waals surface area contributed by atoms with Crippen molar-refractivity contribution in [1.82, 2.24) is 20.9 Å². The summed E-state index contributed by atoms with van der Waals surface area (Å²) in [5.41, 5.74) is 1.84. The van der Waals surface area contributed by atoms with Crippen LogP contribution in [0.25, 0.3) is 0 Å². The molecule has 1 saturated heterocycles. The Balaban J connectivity index is 1.75. The Bertz CT molecular complexity index is 650. The van der Waals surface area contributed by atoms with Crippen LogP contribution in [0.3, 0.4) is 0 Å². The molecular weight excluding hydrogens is 362 g/mol. The van der Waals surface area contributed by atoms with E-state index in [1.807, 2.05) is 18.2 Å². The van der Waals surface area contributed by atoms with Gasteiger partial charge in [0.2, 0.25) is 0 Å². The predicted molar refractivity (Wildman–Crippen MR) is 122 cm³/mol. The molecule has 2 rings (SSSR count). The summed E-state index contributed by atoms with van der Waals surface area (Å²) in [4.78, 5) is 19.1. The Morgan fingerprint density at radius 2 is 1.97 bits per heavy atom. The number of aliphatic imine (C=N–C) groups is 1. The van der Waals surface area contributed by atoms with Gasteiger partial charge in [-0.15, -0.1) is 0 Å². The molecule has 1 amide bonds. The number of nitrogens with zero attached hydrogens (tertiary/aromatic N) is 2. The SMILES string of the molecule is CCNC(=NCCCN1CC(C)CC(C)C1)NCCc1cccc(C(=O)NC)c1. The first-order chi connectivity index (χ1) is 14.0. The van der Waals surface area contributed by atoms with Crippen molar-refractivity contribution in [2.24, 2.45) is 16.8 Å². The van der Waals surface area contributed by atoms with Crippen LogP contribution in [-0.4, -0.2) is 63.1 Å². The van der Waals surface area contributed by atoms with Crippen LogP contribution in [0.2, 0.25) is 0 Å². The second-order valence-corrected chi connectivity index (χ2v) is 8.28. The molecule has 1 aliphatic rings. The molecule has 0 aliphatic carbocycles. The summed E-state index contributed by atoms with van der Waals surface area (Å²) in [5, 5.41) is 9.40. The lowest BCUT2D eigenvalue weighted by Crippen LogP contribution is -2.40. The molecule has 1 aromatic rings. The van der Waals surface area contributed by atoms with Crippen LogP contribution in [-0.2, 0) is 6.42 Å². The number of nitrogens with one attached hydrogen (secondary N) is 3. The molecule has 6 heteroatoms. The van der Waals surface area contributed by atoms with E-state index < -0.39 is 0 Å². The number of benzene rings is 1. The van der Waals surface area contributed by atoms with Gasteiger partial charge in [-0.3, -0.25) is 9.79 Å². The molecule has 0 spiro atoms. The monoisotopic (exact) mass is 401 g/mol. The summed E-state index contributed by atoms with van der Waals surface area (Å²) in [7, 11) is 1.65. The molecule has 2 unspecified atom stereocenters. The predicted octanol–water partition coefficient (Wildman–Crippen LogP) is 2.51. The van der Waals surface area contributed by atoms with Gasteiger partial charge in [-0.2, -0.15) is 0 Å². The van der Waals surface area contributed by atoms with Crippen molar-refractivity contribution in [1.29, 1.82) is 0 Å². The standard InChI is InChI=1S/C23H39N5O/c1-5-25-23(26-11-7-13-28-16-18(2)14-19(3)17-28)27-12-10-20-8-6-9-21(15-20)22(29)24-4/h6,8-9,15,18-19H,5,7,10-14,16-17H2,1-4H3,(H,24,29)(H2,25,26,27). The number of hydrogen-bond acceptors (Lipinski definition) is 3. The highest BCUT2D eigenvalue weighted by Gasteiger charge is 2.20. The maximum atomic E-state index is 11.8. The fourth-order valence-corrected chi connectivity index (χ4v) is 4.14.